The van der Waals surface area contributed by atoms with Crippen LogP contribution < -0.4 is 5.73 Å². The number of fused-ring (bicyclic) bond motifs is 6. The largest absolute Gasteiger partial charge is 0.478 e. The maximum absolute atomic E-state index is 13.5. The summed E-state index contributed by atoms with van der Waals surface area (Å²) in [6, 6.07) is 52.6. The lowest BCUT2D eigenvalue weighted by Gasteiger charge is -2.28. The van der Waals surface area contributed by atoms with Gasteiger partial charge in [0, 0.05) is 81.5 Å². The standard InChI is InChI=1S/C31H31N3O6S.C22H17N3O2S.C16H17NO7.C14H15N3S/c1-19-32-26-10-6-7-11-27(26)34(19)17-25-14-22(18-41-25)12-13-28(37)29(39-20(2)35)30(40-21(3)36)31(38)33-15-23-8-4-5-9-24(23)16-33;1-14-23-19-8-4-5-9-20(19)24(14)12-16-10-15(13-28-16)11-25-21(26)17-6-2-3-7-18(17)22(25)27;1-9(18)23-13(14(16(21)22)24-10(2)19)15(20)17-7-11-5-3-4-6-12(11)8-17;1-10-16-13-4-2-3-5-14(13)17(10)8-12-6-11(7-15)9-18-12/h4-11,14,18,29-30H,12-13,15-17H2,1-3H3;2-10,13H,11-12H2,1H3;3-6,13-14H,7-8H2,1-2H3,(H,21,22);2-6,9H,7-8,15H2,1H3/t29-,30+;;13-,14-;/m0.1./s1. The Morgan fingerprint density at radius 3 is 1.14 bits per heavy atom. The molecular formula is C83H80N10O15S3. The van der Waals surface area contributed by atoms with Crippen LogP contribution in [0.15, 0.2) is 180 Å². The van der Waals surface area contributed by atoms with Gasteiger partial charge in [0.05, 0.1) is 70.4 Å². The molecule has 0 saturated carbocycles. The molecule has 0 aliphatic carbocycles. The summed E-state index contributed by atoms with van der Waals surface area (Å²) in [7, 11) is 0. The van der Waals surface area contributed by atoms with E-state index < -0.39 is 71.9 Å². The van der Waals surface area contributed by atoms with Crippen molar-refractivity contribution in [3.05, 3.63) is 262 Å². The van der Waals surface area contributed by atoms with Crippen LogP contribution in [-0.2, 0) is 123 Å². The summed E-state index contributed by atoms with van der Waals surface area (Å²) in [5, 5.41) is 15.4. The fourth-order valence-electron chi connectivity index (χ4n) is 13.6. The molecule has 0 unspecified atom stereocenters. The molecule has 6 aromatic heterocycles. The van der Waals surface area contributed by atoms with Crippen molar-refractivity contribution >= 4 is 126 Å². The third kappa shape index (κ3) is 18.6. The number of ether oxygens (including phenoxy) is 4. The summed E-state index contributed by atoms with van der Waals surface area (Å²) in [6.45, 7) is 14.7. The summed E-state index contributed by atoms with van der Waals surface area (Å²) in [6.07, 6.45) is -6.35. The molecule has 0 radical (unpaired) electrons. The quantitative estimate of drug-likeness (QED) is 0.0362. The molecule has 15 rings (SSSR count). The van der Waals surface area contributed by atoms with Crippen LogP contribution in [0.2, 0.25) is 0 Å². The van der Waals surface area contributed by atoms with Crippen molar-refractivity contribution in [2.75, 3.05) is 0 Å². The Labute approximate surface area is 650 Å². The number of carboxylic acids is 1. The van der Waals surface area contributed by atoms with E-state index in [1.807, 2.05) is 128 Å². The fourth-order valence-corrected chi connectivity index (χ4v) is 16.2. The summed E-state index contributed by atoms with van der Waals surface area (Å²) >= 11 is 4.99. The highest BCUT2D eigenvalue weighted by Gasteiger charge is 2.44. The fraction of sp³-hybridized carbons (Fsp3) is 0.265. The van der Waals surface area contributed by atoms with Gasteiger partial charge in [0.25, 0.3) is 23.6 Å². The smallest absolute Gasteiger partial charge is 0.349 e. The number of aryl methyl sites for hydroxylation is 4. The van der Waals surface area contributed by atoms with Gasteiger partial charge in [-0.15, -0.1) is 34.0 Å². The molecule has 3 N–H and O–H groups in total. The molecule has 25 nitrogen and oxygen atoms in total. The van der Waals surface area contributed by atoms with Crippen LogP contribution in [0.25, 0.3) is 33.1 Å². The van der Waals surface area contributed by atoms with E-state index in [4.69, 9.17) is 19.9 Å². The Morgan fingerprint density at radius 1 is 0.432 bits per heavy atom. The Morgan fingerprint density at radius 2 is 0.757 bits per heavy atom. The molecule has 570 valence electrons. The molecule has 0 spiro atoms. The number of imide groups is 1. The van der Waals surface area contributed by atoms with E-state index in [-0.39, 0.29) is 31.3 Å². The highest BCUT2D eigenvalue weighted by Crippen LogP contribution is 2.31. The third-order valence-corrected chi connectivity index (χ3v) is 21.7. The first kappa shape index (κ1) is 78.5. The van der Waals surface area contributed by atoms with Gasteiger partial charge in [0.1, 0.15) is 17.5 Å². The molecule has 3 aliphatic heterocycles. The number of carboxylic acid groups (broad SMARTS) is 1. The minimum absolute atomic E-state index is 0.00637. The zero-order valence-electron chi connectivity index (χ0n) is 61.9. The van der Waals surface area contributed by atoms with Crippen LogP contribution in [-0.4, -0.2) is 132 Å². The highest BCUT2D eigenvalue weighted by atomic mass is 32.1. The van der Waals surface area contributed by atoms with E-state index in [9.17, 15) is 53.1 Å². The third-order valence-electron chi connectivity index (χ3n) is 18.8. The van der Waals surface area contributed by atoms with Gasteiger partial charge in [-0.25, -0.2) is 19.7 Å². The zero-order valence-corrected chi connectivity index (χ0v) is 64.3. The monoisotopic (exact) mass is 1550 g/mol. The molecule has 28 heteroatoms. The van der Waals surface area contributed by atoms with Crippen LogP contribution in [0.1, 0.15) is 126 Å². The van der Waals surface area contributed by atoms with Crippen molar-refractivity contribution < 1.29 is 72.0 Å². The second-order valence-electron chi connectivity index (χ2n) is 26.8. The van der Waals surface area contributed by atoms with E-state index in [1.54, 1.807) is 58.3 Å². The predicted octanol–water partition coefficient (Wildman–Crippen LogP) is 12.0. The van der Waals surface area contributed by atoms with E-state index in [0.717, 1.165) is 129 Å². The lowest BCUT2D eigenvalue weighted by Crippen LogP contribution is -2.50. The van der Waals surface area contributed by atoms with Crippen LogP contribution in [0, 0.1) is 20.8 Å². The van der Waals surface area contributed by atoms with Crippen molar-refractivity contribution in [1.29, 1.82) is 0 Å². The first-order chi connectivity index (χ1) is 53.4. The Bertz CT molecular complexity index is 5450. The number of carbonyl (C=O) groups is 10. The van der Waals surface area contributed by atoms with Crippen molar-refractivity contribution in [2.24, 2.45) is 5.73 Å². The maximum atomic E-state index is 13.5. The number of benzene rings is 6. The highest BCUT2D eigenvalue weighted by molar-refractivity contribution is 7.10. The molecule has 3 aliphatic rings. The van der Waals surface area contributed by atoms with Crippen LogP contribution in [0.5, 0.6) is 0 Å². The normalized spacial score (nSPS) is 13.7. The number of para-hydroxylation sites is 6. The Balaban J connectivity index is 0.000000144. The summed E-state index contributed by atoms with van der Waals surface area (Å²) in [4.78, 5) is 144. The van der Waals surface area contributed by atoms with Crippen molar-refractivity contribution in [2.45, 2.75) is 145 Å². The molecule has 6 aromatic carbocycles. The number of amides is 4. The number of rotatable bonds is 22. The summed E-state index contributed by atoms with van der Waals surface area (Å²) < 4.78 is 26.8. The molecule has 4 amide bonds. The van der Waals surface area contributed by atoms with Crippen molar-refractivity contribution in [3.8, 4) is 0 Å². The van der Waals surface area contributed by atoms with Gasteiger partial charge in [-0.3, -0.25) is 48.1 Å². The molecule has 9 heterocycles. The number of esters is 4. The number of nitrogens with two attached hydrogens (primary N) is 1. The topological polar surface area (TPSA) is 317 Å². The maximum Gasteiger partial charge on any atom is 0.349 e. The second kappa shape index (κ2) is 35.1. The number of Topliss-reactive ketones (excluding diaryl/α,β-unsaturated/α-hetero) is 1. The van der Waals surface area contributed by atoms with Gasteiger partial charge in [-0.1, -0.05) is 97.1 Å². The van der Waals surface area contributed by atoms with Gasteiger partial charge in [-0.05, 0) is 149 Å². The van der Waals surface area contributed by atoms with Crippen LogP contribution in [0.4, 0.5) is 0 Å². The molecule has 0 fully saturated rings. The number of carbonyl (C=O) groups excluding carboxylic acids is 9. The van der Waals surface area contributed by atoms with E-state index in [0.29, 0.717) is 50.3 Å². The summed E-state index contributed by atoms with van der Waals surface area (Å²) in [5.41, 5.74) is 19.9. The van der Waals surface area contributed by atoms with Gasteiger partial charge in [0.2, 0.25) is 24.4 Å². The van der Waals surface area contributed by atoms with Gasteiger partial charge >= 0.3 is 29.8 Å². The predicted molar refractivity (Wildman–Crippen MR) is 417 cm³/mol. The molecule has 0 saturated heterocycles. The van der Waals surface area contributed by atoms with Gasteiger partial charge < -0.3 is 53.3 Å². The molecule has 0 bridgehead atoms. The second-order valence-corrected chi connectivity index (χ2v) is 29.7. The lowest BCUT2D eigenvalue weighted by atomic mass is 10.0. The first-order valence-corrected chi connectivity index (χ1v) is 38.3. The average molecular weight is 1550 g/mol. The molecular weight excluding hydrogens is 1470 g/mol. The Kier molecular flexibility index (Phi) is 24.8. The molecule has 4 atom stereocenters. The van der Waals surface area contributed by atoms with Gasteiger partial charge in [0.15, 0.2) is 5.78 Å². The number of imidazole rings is 3. The summed E-state index contributed by atoms with van der Waals surface area (Å²) in [5.74, 6) is -4.06. The number of nitrogens with zero attached hydrogens (tertiary/aromatic N) is 9. The Hall–Kier alpha value is -12.1. The van der Waals surface area contributed by atoms with Crippen LogP contribution >= 0.6 is 34.0 Å². The number of aliphatic carboxylic acids is 1. The average Bonchev–Trinajstić information content (AvgIpc) is 1.64. The van der Waals surface area contributed by atoms with E-state index in [2.05, 4.69) is 82.1 Å². The molecule has 12 aromatic rings. The first-order valence-electron chi connectivity index (χ1n) is 35.6. The van der Waals surface area contributed by atoms with Gasteiger partial charge in [-0.2, -0.15) is 0 Å². The zero-order chi connectivity index (χ0) is 78.7. The van der Waals surface area contributed by atoms with E-state index >= 15 is 0 Å². The van der Waals surface area contributed by atoms with Crippen molar-refractivity contribution in [3.63, 3.8) is 0 Å². The van der Waals surface area contributed by atoms with Crippen LogP contribution in [0.3, 0.4) is 0 Å². The SMILES string of the molecule is CC(=O)O[C@@H](C(=O)CCc1csc(Cn2c(C)nc3ccccc32)c1)[C@@H](OC(C)=O)C(=O)N1Cc2ccccc2C1.CC(=O)O[C@@H](C(=O)O)[C@@H](OC(C)=O)C(=O)N1Cc2ccccc2C1.Cc1nc2ccccc2n1Cc1cc(CN)cs1.Cc1nc2ccccc2n1Cc1cc(CN2C(=O)c3ccccc3C2=O)cs1. The van der Waals surface area contributed by atoms with E-state index in [1.165, 1.54) is 30.7 Å². The molecule has 111 heavy (non-hydrogen) atoms. The minimum Gasteiger partial charge on any atom is -0.478 e. The number of thiophene rings is 3. The van der Waals surface area contributed by atoms with Crippen molar-refractivity contribution in [1.82, 2.24) is 43.4 Å². The number of aromatic nitrogens is 6. The number of hydrogen-bond acceptors (Lipinski definition) is 21. The lowest BCUT2D eigenvalue weighted by molar-refractivity contribution is -0.183. The number of hydrogen-bond donors (Lipinski definition) is 2. The number of ketones is 1. The minimum atomic E-state index is -1.90.